The SMILES string of the molecule is N/N=C(/SC(Cl)(C(=O)c1ccccc1)C(=O)c1ccccc1)N(N)c1ccccc1. The molecule has 3 rings (SSSR count). The first-order chi connectivity index (χ1) is 14.5. The number of hydrazone groups is 1. The fraction of sp³-hybridized carbons (Fsp3) is 0.0455. The molecule has 0 aliphatic heterocycles. The monoisotopic (exact) mass is 438 g/mol. The van der Waals surface area contributed by atoms with Crippen LogP contribution in [0.2, 0.25) is 0 Å². The van der Waals surface area contributed by atoms with Crippen LogP contribution in [0, 0.1) is 0 Å². The third-order valence-electron chi connectivity index (χ3n) is 4.24. The van der Waals surface area contributed by atoms with E-state index in [9.17, 15) is 9.59 Å². The number of benzene rings is 3. The number of hydrazine groups is 1. The maximum atomic E-state index is 13.4. The Morgan fingerprint density at radius 2 is 1.20 bits per heavy atom. The van der Waals surface area contributed by atoms with E-state index in [0.29, 0.717) is 17.4 Å². The van der Waals surface area contributed by atoms with Crippen LogP contribution in [0.3, 0.4) is 0 Å². The van der Waals surface area contributed by atoms with Gasteiger partial charge in [-0.25, -0.2) is 5.84 Å². The summed E-state index contributed by atoms with van der Waals surface area (Å²) in [5.74, 6) is 10.5. The van der Waals surface area contributed by atoms with Crippen LogP contribution >= 0.6 is 23.4 Å². The molecule has 0 aliphatic rings. The molecule has 0 saturated carbocycles. The molecule has 30 heavy (non-hydrogen) atoms. The molecular weight excluding hydrogens is 420 g/mol. The second kappa shape index (κ2) is 9.58. The van der Waals surface area contributed by atoms with Crippen molar-refractivity contribution < 1.29 is 9.59 Å². The van der Waals surface area contributed by atoms with E-state index in [1.54, 1.807) is 84.9 Å². The minimum absolute atomic E-state index is 0.00441. The first kappa shape index (κ1) is 21.6. The lowest BCUT2D eigenvalue weighted by atomic mass is 10.0. The fourth-order valence-electron chi connectivity index (χ4n) is 2.71. The van der Waals surface area contributed by atoms with Crippen molar-refractivity contribution in [3.05, 3.63) is 102 Å². The standard InChI is InChI=1S/C22H19ClN4O2S/c23-22(19(28)16-10-4-1-5-11-16,20(29)17-12-6-2-7-13-17)30-21(26-24)27(25)18-14-8-3-9-15-18/h1-15H,24-25H2/b26-21+. The number of halogens is 1. The van der Waals surface area contributed by atoms with E-state index < -0.39 is 15.8 Å². The van der Waals surface area contributed by atoms with Gasteiger partial charge in [0.15, 0.2) is 0 Å². The number of carbonyl (C=O) groups excluding carboxylic acids is 2. The Hall–Kier alpha value is -3.13. The fourth-order valence-corrected chi connectivity index (χ4v) is 4.06. The summed E-state index contributed by atoms with van der Waals surface area (Å²) in [5, 5.41) is 4.88. The Bertz CT molecular complexity index is 995. The number of para-hydroxylation sites is 1. The van der Waals surface area contributed by atoms with Crippen molar-refractivity contribution in [1.82, 2.24) is 0 Å². The molecule has 0 heterocycles. The quantitative estimate of drug-likeness (QED) is 0.114. The van der Waals surface area contributed by atoms with Gasteiger partial charge in [0, 0.05) is 11.1 Å². The molecule has 0 aromatic heterocycles. The lowest BCUT2D eigenvalue weighted by molar-refractivity contribution is 0.0883. The lowest BCUT2D eigenvalue weighted by Crippen LogP contribution is -2.44. The molecule has 4 N–H and O–H groups in total. The van der Waals surface area contributed by atoms with Crippen molar-refractivity contribution in [3.8, 4) is 0 Å². The topological polar surface area (TPSA) is 102 Å². The summed E-state index contributed by atoms with van der Waals surface area (Å²) < 4.78 is -2.06. The largest absolute Gasteiger partial charge is 0.321 e. The number of ketones is 2. The zero-order valence-electron chi connectivity index (χ0n) is 15.8. The van der Waals surface area contributed by atoms with Gasteiger partial charge in [0.2, 0.25) is 20.9 Å². The molecule has 0 fully saturated rings. The van der Waals surface area contributed by atoms with E-state index in [4.69, 9.17) is 23.3 Å². The summed E-state index contributed by atoms with van der Waals surface area (Å²) >= 11 is 7.45. The van der Waals surface area contributed by atoms with Gasteiger partial charge in [-0.1, -0.05) is 90.5 Å². The highest BCUT2D eigenvalue weighted by molar-refractivity contribution is 8.17. The zero-order valence-corrected chi connectivity index (χ0v) is 17.4. The molecule has 0 saturated heterocycles. The van der Waals surface area contributed by atoms with Crippen molar-refractivity contribution in [2.75, 3.05) is 5.01 Å². The maximum absolute atomic E-state index is 13.4. The van der Waals surface area contributed by atoms with Gasteiger partial charge in [-0.15, -0.1) is 0 Å². The normalized spacial score (nSPS) is 11.7. The van der Waals surface area contributed by atoms with Gasteiger partial charge >= 0.3 is 0 Å². The molecule has 0 aliphatic carbocycles. The number of Topliss-reactive ketones (excluding diaryl/α,β-unsaturated/α-hetero) is 2. The summed E-state index contributed by atoms with van der Waals surface area (Å²) in [6, 6.07) is 25.5. The second-order valence-corrected chi connectivity index (χ2v) is 8.18. The van der Waals surface area contributed by atoms with Gasteiger partial charge in [-0.2, -0.15) is 5.10 Å². The number of amidine groups is 1. The Labute approximate surface area is 183 Å². The van der Waals surface area contributed by atoms with E-state index >= 15 is 0 Å². The highest BCUT2D eigenvalue weighted by Crippen LogP contribution is 2.39. The van der Waals surface area contributed by atoms with Crippen LogP contribution in [0.25, 0.3) is 0 Å². The van der Waals surface area contributed by atoms with Gasteiger partial charge in [0.1, 0.15) is 0 Å². The minimum Gasteiger partial charge on any atom is -0.321 e. The highest BCUT2D eigenvalue weighted by atomic mass is 35.5. The average molecular weight is 439 g/mol. The molecule has 0 unspecified atom stereocenters. The highest BCUT2D eigenvalue weighted by Gasteiger charge is 2.47. The lowest BCUT2D eigenvalue weighted by Gasteiger charge is -2.27. The Balaban J connectivity index is 2.02. The summed E-state index contributed by atoms with van der Waals surface area (Å²) in [7, 11) is 0. The molecule has 152 valence electrons. The second-order valence-electron chi connectivity index (χ2n) is 6.20. The van der Waals surface area contributed by atoms with E-state index in [1.165, 1.54) is 5.01 Å². The number of anilines is 1. The Kier molecular flexibility index (Phi) is 6.89. The van der Waals surface area contributed by atoms with Crippen LogP contribution in [-0.2, 0) is 0 Å². The number of alkyl halides is 1. The van der Waals surface area contributed by atoms with Gasteiger partial charge < -0.3 is 5.84 Å². The van der Waals surface area contributed by atoms with Gasteiger partial charge in [-0.3, -0.25) is 14.6 Å². The van der Waals surface area contributed by atoms with E-state index in [-0.39, 0.29) is 16.3 Å². The molecule has 6 nitrogen and oxygen atoms in total. The van der Waals surface area contributed by atoms with E-state index in [0.717, 1.165) is 0 Å². The summed E-state index contributed by atoms with van der Waals surface area (Å²) in [5.41, 5.74) is 1.13. The van der Waals surface area contributed by atoms with Crippen LogP contribution in [0.4, 0.5) is 5.69 Å². The van der Waals surface area contributed by atoms with E-state index in [2.05, 4.69) is 5.10 Å². The average Bonchev–Trinajstić information content (AvgIpc) is 2.82. The number of hydrogen-bond donors (Lipinski definition) is 2. The third kappa shape index (κ3) is 4.54. The summed E-state index contributed by atoms with van der Waals surface area (Å²) in [6.07, 6.45) is 0. The van der Waals surface area contributed by atoms with Crippen LogP contribution in [0.15, 0.2) is 96.1 Å². The predicted molar refractivity (Wildman–Crippen MR) is 122 cm³/mol. The molecular formula is C22H19ClN4O2S. The van der Waals surface area contributed by atoms with Gasteiger partial charge in [0.05, 0.1) is 5.69 Å². The molecule has 0 bridgehead atoms. The van der Waals surface area contributed by atoms with Crippen LogP contribution in [-0.4, -0.2) is 20.9 Å². The number of rotatable bonds is 6. The Morgan fingerprint density at radius 1 is 0.800 bits per heavy atom. The van der Waals surface area contributed by atoms with Gasteiger partial charge in [-0.05, 0) is 23.9 Å². The zero-order chi connectivity index (χ0) is 21.6. The Morgan fingerprint density at radius 3 is 1.60 bits per heavy atom. The number of nitrogens with two attached hydrogens (primary N) is 2. The first-order valence-corrected chi connectivity index (χ1v) is 10.1. The van der Waals surface area contributed by atoms with Crippen molar-refractivity contribution in [3.63, 3.8) is 0 Å². The van der Waals surface area contributed by atoms with Crippen molar-refractivity contribution >= 4 is 45.8 Å². The number of hydrogen-bond acceptors (Lipinski definition) is 6. The molecule has 3 aromatic carbocycles. The van der Waals surface area contributed by atoms with Crippen molar-refractivity contribution in [2.45, 2.75) is 4.21 Å². The van der Waals surface area contributed by atoms with Gasteiger partial charge in [0.25, 0.3) is 0 Å². The predicted octanol–water partition coefficient (Wildman–Crippen LogP) is 4.03. The minimum atomic E-state index is -2.06. The van der Waals surface area contributed by atoms with E-state index in [1.807, 2.05) is 6.07 Å². The first-order valence-electron chi connectivity index (χ1n) is 8.92. The molecule has 0 radical (unpaired) electrons. The molecule has 8 heteroatoms. The van der Waals surface area contributed by atoms with Crippen LogP contribution in [0.5, 0.6) is 0 Å². The van der Waals surface area contributed by atoms with Crippen LogP contribution < -0.4 is 16.7 Å². The van der Waals surface area contributed by atoms with Crippen molar-refractivity contribution in [1.29, 1.82) is 0 Å². The van der Waals surface area contributed by atoms with Crippen LogP contribution in [0.1, 0.15) is 20.7 Å². The number of thioether (sulfide) groups is 1. The summed E-state index contributed by atoms with van der Waals surface area (Å²) in [4.78, 5) is 26.7. The van der Waals surface area contributed by atoms with Crippen molar-refractivity contribution in [2.24, 2.45) is 16.8 Å². The molecule has 0 amide bonds. The third-order valence-corrected chi connectivity index (χ3v) is 5.95. The molecule has 3 aromatic rings. The number of nitrogens with zero attached hydrogens (tertiary/aromatic N) is 2. The smallest absolute Gasteiger partial charge is 0.222 e. The summed E-state index contributed by atoms with van der Waals surface area (Å²) in [6.45, 7) is 0. The molecule has 0 atom stereocenters. The number of carbonyl (C=O) groups is 2. The molecule has 0 spiro atoms. The maximum Gasteiger partial charge on any atom is 0.222 e.